The van der Waals surface area contributed by atoms with Gasteiger partial charge in [-0.3, -0.25) is 0 Å². The van der Waals surface area contributed by atoms with E-state index >= 15 is 0 Å². The third kappa shape index (κ3) is 3.85. The van der Waals surface area contributed by atoms with Crippen molar-refractivity contribution in [1.82, 2.24) is 0 Å². The first-order valence-electron chi connectivity index (χ1n) is 7.24. The molecule has 0 radical (unpaired) electrons. The van der Waals surface area contributed by atoms with E-state index in [1.54, 1.807) is 27.4 Å². The summed E-state index contributed by atoms with van der Waals surface area (Å²) < 4.78 is 15.6. The number of hydrogen-bond acceptors (Lipinski definition) is 4. The molecule has 22 heavy (non-hydrogen) atoms. The summed E-state index contributed by atoms with van der Waals surface area (Å²) in [4.78, 5) is 0. The number of rotatable bonds is 7. The summed E-state index contributed by atoms with van der Waals surface area (Å²) in [5.41, 5.74) is 2.12. The molecule has 118 valence electrons. The monoisotopic (exact) mass is 302 g/mol. The largest absolute Gasteiger partial charge is 0.508 e. The van der Waals surface area contributed by atoms with Crippen LogP contribution in [0.15, 0.2) is 36.4 Å². The zero-order valence-corrected chi connectivity index (χ0v) is 13.3. The summed E-state index contributed by atoms with van der Waals surface area (Å²) in [6, 6.07) is 11.4. The average molecular weight is 302 g/mol. The Morgan fingerprint density at radius 2 is 1.59 bits per heavy atom. The van der Waals surface area contributed by atoms with Crippen LogP contribution in [0.3, 0.4) is 0 Å². The Bertz CT molecular complexity index is 622. The van der Waals surface area contributed by atoms with Crippen LogP contribution < -0.4 is 14.2 Å². The van der Waals surface area contributed by atoms with Crippen molar-refractivity contribution in [3.8, 4) is 23.0 Å². The normalized spacial score (nSPS) is 10.3. The van der Waals surface area contributed by atoms with Crippen LogP contribution in [-0.4, -0.2) is 26.4 Å². The van der Waals surface area contributed by atoms with Crippen LogP contribution in [0.5, 0.6) is 23.0 Å². The van der Waals surface area contributed by atoms with Crippen molar-refractivity contribution in [2.24, 2.45) is 0 Å². The SMILES string of the molecule is COc1ccc(CCCc2ccc(OC)c(OC)c2)c(O)c1. The zero-order chi connectivity index (χ0) is 15.9. The maximum absolute atomic E-state index is 9.95. The van der Waals surface area contributed by atoms with E-state index in [1.807, 2.05) is 30.3 Å². The molecule has 0 saturated heterocycles. The van der Waals surface area contributed by atoms with Gasteiger partial charge >= 0.3 is 0 Å². The van der Waals surface area contributed by atoms with Crippen LogP contribution in [0.1, 0.15) is 17.5 Å². The molecule has 0 heterocycles. The molecule has 0 unspecified atom stereocenters. The van der Waals surface area contributed by atoms with Crippen LogP contribution in [0.4, 0.5) is 0 Å². The molecule has 0 fully saturated rings. The molecule has 2 aromatic carbocycles. The van der Waals surface area contributed by atoms with Crippen LogP contribution in [0, 0.1) is 0 Å². The Kier molecular flexibility index (Phi) is 5.53. The predicted molar refractivity (Wildman–Crippen MR) is 86.2 cm³/mol. The molecule has 0 spiro atoms. The smallest absolute Gasteiger partial charge is 0.160 e. The number of aryl methyl sites for hydroxylation is 2. The van der Waals surface area contributed by atoms with E-state index in [0.29, 0.717) is 5.75 Å². The van der Waals surface area contributed by atoms with Gasteiger partial charge in [-0.15, -0.1) is 0 Å². The molecule has 2 aromatic rings. The highest BCUT2D eigenvalue weighted by molar-refractivity contribution is 5.43. The van der Waals surface area contributed by atoms with Crippen molar-refractivity contribution in [2.75, 3.05) is 21.3 Å². The number of methoxy groups -OCH3 is 3. The standard InChI is InChI=1S/C18H22O4/c1-20-15-9-8-14(16(19)12-15)6-4-5-13-7-10-17(21-2)18(11-13)22-3/h7-12,19H,4-6H2,1-3H3. The second-order valence-electron chi connectivity index (χ2n) is 5.04. The van der Waals surface area contributed by atoms with Crippen LogP contribution in [0.25, 0.3) is 0 Å². The van der Waals surface area contributed by atoms with Gasteiger partial charge < -0.3 is 19.3 Å². The lowest BCUT2D eigenvalue weighted by molar-refractivity contribution is 0.354. The van der Waals surface area contributed by atoms with Crippen molar-refractivity contribution < 1.29 is 19.3 Å². The number of hydrogen-bond donors (Lipinski definition) is 1. The van der Waals surface area contributed by atoms with E-state index in [9.17, 15) is 5.11 Å². The third-order valence-corrected chi connectivity index (χ3v) is 3.65. The van der Waals surface area contributed by atoms with Gasteiger partial charge in [0.25, 0.3) is 0 Å². The molecule has 4 heteroatoms. The second kappa shape index (κ2) is 7.59. The number of phenols is 1. The Morgan fingerprint density at radius 3 is 2.23 bits per heavy atom. The Balaban J connectivity index is 1.96. The van der Waals surface area contributed by atoms with Gasteiger partial charge in [0.1, 0.15) is 11.5 Å². The minimum absolute atomic E-state index is 0.284. The third-order valence-electron chi connectivity index (χ3n) is 3.65. The first-order valence-corrected chi connectivity index (χ1v) is 7.24. The lowest BCUT2D eigenvalue weighted by Crippen LogP contribution is -1.94. The summed E-state index contributed by atoms with van der Waals surface area (Å²) in [7, 11) is 4.85. The lowest BCUT2D eigenvalue weighted by atomic mass is 10.0. The summed E-state index contributed by atoms with van der Waals surface area (Å²) >= 11 is 0. The van der Waals surface area contributed by atoms with E-state index in [1.165, 1.54) is 5.56 Å². The van der Waals surface area contributed by atoms with E-state index in [4.69, 9.17) is 14.2 Å². The van der Waals surface area contributed by atoms with Gasteiger partial charge in [-0.05, 0) is 48.6 Å². The molecule has 0 aromatic heterocycles. The zero-order valence-electron chi connectivity index (χ0n) is 13.3. The maximum atomic E-state index is 9.95. The molecule has 0 atom stereocenters. The molecule has 0 aliphatic carbocycles. The summed E-state index contributed by atoms with van der Waals surface area (Å²) in [6.45, 7) is 0. The Labute approximate surface area is 131 Å². The highest BCUT2D eigenvalue weighted by Gasteiger charge is 2.06. The van der Waals surface area contributed by atoms with Gasteiger partial charge in [0.05, 0.1) is 21.3 Å². The summed E-state index contributed by atoms with van der Waals surface area (Å²) in [5.74, 6) is 2.43. The lowest BCUT2D eigenvalue weighted by Gasteiger charge is -2.10. The van der Waals surface area contributed by atoms with E-state index in [-0.39, 0.29) is 5.75 Å². The van der Waals surface area contributed by atoms with E-state index in [2.05, 4.69) is 0 Å². The van der Waals surface area contributed by atoms with Crippen LogP contribution in [0.2, 0.25) is 0 Å². The first kappa shape index (κ1) is 16.0. The van der Waals surface area contributed by atoms with Gasteiger partial charge in [0.2, 0.25) is 0 Å². The number of benzene rings is 2. The Morgan fingerprint density at radius 1 is 0.818 bits per heavy atom. The molecule has 0 amide bonds. The number of aromatic hydroxyl groups is 1. The molecule has 0 saturated carbocycles. The molecule has 4 nitrogen and oxygen atoms in total. The maximum Gasteiger partial charge on any atom is 0.160 e. The van der Waals surface area contributed by atoms with E-state index < -0.39 is 0 Å². The first-order chi connectivity index (χ1) is 10.7. The molecule has 0 aliphatic rings. The van der Waals surface area contributed by atoms with Gasteiger partial charge in [0, 0.05) is 6.07 Å². The predicted octanol–water partition coefficient (Wildman–Crippen LogP) is 3.59. The highest BCUT2D eigenvalue weighted by Crippen LogP contribution is 2.29. The molecular formula is C18H22O4. The molecule has 0 bridgehead atoms. The highest BCUT2D eigenvalue weighted by atomic mass is 16.5. The van der Waals surface area contributed by atoms with Crippen molar-refractivity contribution in [3.05, 3.63) is 47.5 Å². The minimum Gasteiger partial charge on any atom is -0.508 e. The fourth-order valence-electron chi connectivity index (χ4n) is 2.40. The number of ether oxygens (including phenoxy) is 3. The quantitative estimate of drug-likeness (QED) is 0.849. The van der Waals surface area contributed by atoms with Crippen LogP contribution >= 0.6 is 0 Å². The molecule has 2 rings (SSSR count). The van der Waals surface area contributed by atoms with Gasteiger partial charge in [-0.2, -0.15) is 0 Å². The van der Waals surface area contributed by atoms with E-state index in [0.717, 1.165) is 36.3 Å². The van der Waals surface area contributed by atoms with Crippen molar-refractivity contribution in [3.63, 3.8) is 0 Å². The topological polar surface area (TPSA) is 47.9 Å². The molecule has 0 aliphatic heterocycles. The fourth-order valence-corrected chi connectivity index (χ4v) is 2.40. The van der Waals surface area contributed by atoms with Gasteiger partial charge in [0.15, 0.2) is 11.5 Å². The fraction of sp³-hybridized carbons (Fsp3) is 0.333. The van der Waals surface area contributed by atoms with Crippen LogP contribution in [-0.2, 0) is 12.8 Å². The summed E-state index contributed by atoms with van der Waals surface area (Å²) in [6.07, 6.45) is 2.66. The molecule has 1 N–H and O–H groups in total. The molecular weight excluding hydrogens is 280 g/mol. The van der Waals surface area contributed by atoms with Crippen molar-refractivity contribution >= 4 is 0 Å². The number of phenolic OH excluding ortho intramolecular Hbond substituents is 1. The Hall–Kier alpha value is -2.36. The van der Waals surface area contributed by atoms with Crippen molar-refractivity contribution in [2.45, 2.75) is 19.3 Å². The second-order valence-corrected chi connectivity index (χ2v) is 5.04. The van der Waals surface area contributed by atoms with Gasteiger partial charge in [-0.1, -0.05) is 12.1 Å². The minimum atomic E-state index is 0.284. The summed E-state index contributed by atoms with van der Waals surface area (Å²) in [5, 5.41) is 9.95. The van der Waals surface area contributed by atoms with Gasteiger partial charge in [-0.25, -0.2) is 0 Å². The average Bonchev–Trinajstić information content (AvgIpc) is 2.56. The van der Waals surface area contributed by atoms with Crippen molar-refractivity contribution in [1.29, 1.82) is 0 Å².